The number of aliphatic imine (C=N–C) groups is 1. The van der Waals surface area contributed by atoms with E-state index >= 15 is 0 Å². The SMILES string of the molecule is CCNC(=NCC1(c2ccccc2Br)CC1)N1CCC(COCCOC)C1.I. The number of benzene rings is 1. The largest absolute Gasteiger partial charge is 0.382 e. The molecule has 28 heavy (non-hydrogen) atoms. The minimum absolute atomic E-state index is 0. The molecule has 158 valence electrons. The fraction of sp³-hybridized carbons (Fsp3) is 0.667. The van der Waals surface area contributed by atoms with E-state index < -0.39 is 0 Å². The smallest absolute Gasteiger partial charge is 0.193 e. The van der Waals surface area contributed by atoms with Gasteiger partial charge in [-0.15, -0.1) is 24.0 Å². The zero-order chi connectivity index (χ0) is 19.1. The topological polar surface area (TPSA) is 46.1 Å². The molecular formula is C21H33BrIN3O2. The summed E-state index contributed by atoms with van der Waals surface area (Å²) in [5.74, 6) is 1.62. The van der Waals surface area contributed by atoms with E-state index in [1.165, 1.54) is 22.9 Å². The van der Waals surface area contributed by atoms with Crippen LogP contribution in [0.1, 0.15) is 31.7 Å². The van der Waals surface area contributed by atoms with Gasteiger partial charge in [-0.3, -0.25) is 4.99 Å². The highest BCUT2D eigenvalue weighted by molar-refractivity contribution is 14.0. The number of nitrogens with one attached hydrogen (secondary N) is 1. The molecule has 7 heteroatoms. The molecule has 1 atom stereocenters. The van der Waals surface area contributed by atoms with Gasteiger partial charge in [0.05, 0.1) is 26.4 Å². The molecule has 1 saturated carbocycles. The van der Waals surface area contributed by atoms with Crippen molar-refractivity contribution in [3.8, 4) is 0 Å². The predicted octanol–water partition coefficient (Wildman–Crippen LogP) is 4.05. The van der Waals surface area contributed by atoms with Crippen molar-refractivity contribution in [3.63, 3.8) is 0 Å². The molecule has 1 unspecified atom stereocenters. The molecule has 1 N–H and O–H groups in total. The number of hydrogen-bond acceptors (Lipinski definition) is 3. The van der Waals surface area contributed by atoms with Crippen molar-refractivity contribution in [1.29, 1.82) is 0 Å². The van der Waals surface area contributed by atoms with Gasteiger partial charge in [0.15, 0.2) is 5.96 Å². The van der Waals surface area contributed by atoms with Gasteiger partial charge in [0.2, 0.25) is 0 Å². The van der Waals surface area contributed by atoms with Gasteiger partial charge in [-0.2, -0.15) is 0 Å². The second-order valence-electron chi connectivity index (χ2n) is 7.60. The van der Waals surface area contributed by atoms with Crippen molar-refractivity contribution in [3.05, 3.63) is 34.3 Å². The van der Waals surface area contributed by atoms with Crippen LogP contribution in [0.3, 0.4) is 0 Å². The molecule has 0 aromatic heterocycles. The first kappa shape index (κ1) is 23.9. The van der Waals surface area contributed by atoms with Crippen molar-refractivity contribution in [2.24, 2.45) is 10.9 Å². The number of methoxy groups -OCH3 is 1. The second-order valence-corrected chi connectivity index (χ2v) is 8.45. The molecule has 0 radical (unpaired) electrons. The minimum Gasteiger partial charge on any atom is -0.382 e. The van der Waals surface area contributed by atoms with Gasteiger partial charge in [0.25, 0.3) is 0 Å². The molecule has 1 heterocycles. The van der Waals surface area contributed by atoms with Crippen molar-refractivity contribution in [1.82, 2.24) is 10.2 Å². The Morgan fingerprint density at radius 3 is 2.79 bits per heavy atom. The Morgan fingerprint density at radius 1 is 1.32 bits per heavy atom. The molecule has 1 aliphatic heterocycles. The zero-order valence-electron chi connectivity index (χ0n) is 17.0. The van der Waals surface area contributed by atoms with E-state index in [1.54, 1.807) is 7.11 Å². The first-order chi connectivity index (χ1) is 13.2. The van der Waals surface area contributed by atoms with Crippen molar-refractivity contribution in [2.45, 2.75) is 31.6 Å². The first-order valence-corrected chi connectivity index (χ1v) is 10.8. The molecule has 0 spiro atoms. The number of nitrogens with zero attached hydrogens (tertiary/aromatic N) is 2. The van der Waals surface area contributed by atoms with Crippen LogP contribution in [-0.4, -0.2) is 64.0 Å². The van der Waals surface area contributed by atoms with Gasteiger partial charge in [-0.25, -0.2) is 0 Å². The second kappa shape index (κ2) is 11.7. The number of likely N-dealkylation sites (tertiary alicyclic amines) is 1. The Bertz CT molecular complexity index is 640. The lowest BCUT2D eigenvalue weighted by Gasteiger charge is -2.23. The number of rotatable bonds is 9. The summed E-state index contributed by atoms with van der Waals surface area (Å²) in [6, 6.07) is 8.58. The van der Waals surface area contributed by atoms with Crippen LogP contribution in [0.2, 0.25) is 0 Å². The van der Waals surface area contributed by atoms with Crippen LogP contribution in [0.5, 0.6) is 0 Å². The third-order valence-electron chi connectivity index (χ3n) is 5.54. The fourth-order valence-electron chi connectivity index (χ4n) is 3.76. The lowest BCUT2D eigenvalue weighted by atomic mass is 9.96. The summed E-state index contributed by atoms with van der Waals surface area (Å²) in [6.45, 7) is 8.09. The van der Waals surface area contributed by atoms with Crippen molar-refractivity contribution < 1.29 is 9.47 Å². The maximum Gasteiger partial charge on any atom is 0.193 e. The fourth-order valence-corrected chi connectivity index (χ4v) is 4.47. The van der Waals surface area contributed by atoms with E-state index in [0.717, 1.165) is 45.2 Å². The van der Waals surface area contributed by atoms with Gasteiger partial charge in [-0.1, -0.05) is 34.1 Å². The van der Waals surface area contributed by atoms with E-state index in [4.69, 9.17) is 14.5 Å². The number of halogens is 2. The third kappa shape index (κ3) is 6.31. The van der Waals surface area contributed by atoms with Crippen LogP contribution in [0.25, 0.3) is 0 Å². The summed E-state index contributed by atoms with van der Waals surface area (Å²) in [5.41, 5.74) is 1.61. The van der Waals surface area contributed by atoms with Gasteiger partial charge in [-0.05, 0) is 37.8 Å². The van der Waals surface area contributed by atoms with Gasteiger partial charge < -0.3 is 19.7 Å². The highest BCUT2D eigenvalue weighted by atomic mass is 127. The van der Waals surface area contributed by atoms with Gasteiger partial charge in [0, 0.05) is 42.5 Å². The van der Waals surface area contributed by atoms with Crippen LogP contribution in [0.15, 0.2) is 33.7 Å². The van der Waals surface area contributed by atoms with Gasteiger partial charge >= 0.3 is 0 Å². The summed E-state index contributed by atoms with van der Waals surface area (Å²) in [5, 5.41) is 3.49. The molecular weight excluding hydrogens is 533 g/mol. The molecule has 2 aliphatic rings. The summed E-state index contributed by atoms with van der Waals surface area (Å²) in [6.07, 6.45) is 3.59. The summed E-state index contributed by atoms with van der Waals surface area (Å²) >= 11 is 3.72. The summed E-state index contributed by atoms with van der Waals surface area (Å²) in [4.78, 5) is 7.43. The molecule has 3 rings (SSSR count). The van der Waals surface area contributed by atoms with E-state index in [9.17, 15) is 0 Å². The average molecular weight is 566 g/mol. The first-order valence-electron chi connectivity index (χ1n) is 10.0. The lowest BCUT2D eigenvalue weighted by molar-refractivity contribution is 0.0536. The van der Waals surface area contributed by atoms with Crippen LogP contribution in [0.4, 0.5) is 0 Å². The highest BCUT2D eigenvalue weighted by Crippen LogP contribution is 2.50. The molecule has 5 nitrogen and oxygen atoms in total. The van der Waals surface area contributed by atoms with Crippen LogP contribution in [-0.2, 0) is 14.9 Å². The van der Waals surface area contributed by atoms with Crippen molar-refractivity contribution in [2.75, 3.05) is 53.1 Å². The summed E-state index contributed by atoms with van der Waals surface area (Å²) < 4.78 is 12.0. The molecule has 1 aromatic rings. The Morgan fingerprint density at radius 2 is 2.11 bits per heavy atom. The molecule has 2 fully saturated rings. The zero-order valence-corrected chi connectivity index (χ0v) is 20.9. The normalized spacial score (nSPS) is 20.8. The van der Waals surface area contributed by atoms with E-state index in [1.807, 2.05) is 0 Å². The van der Waals surface area contributed by atoms with Crippen LogP contribution < -0.4 is 5.32 Å². The minimum atomic E-state index is 0. The summed E-state index contributed by atoms with van der Waals surface area (Å²) in [7, 11) is 1.71. The van der Waals surface area contributed by atoms with Crippen LogP contribution >= 0.6 is 39.9 Å². The monoisotopic (exact) mass is 565 g/mol. The average Bonchev–Trinajstić information content (AvgIpc) is 3.31. The maximum absolute atomic E-state index is 5.72. The Kier molecular flexibility index (Phi) is 10.00. The quantitative estimate of drug-likeness (QED) is 0.212. The van der Waals surface area contributed by atoms with E-state index in [0.29, 0.717) is 19.1 Å². The van der Waals surface area contributed by atoms with Crippen molar-refractivity contribution >= 4 is 45.9 Å². The van der Waals surface area contributed by atoms with Crippen LogP contribution in [0, 0.1) is 5.92 Å². The Hall–Kier alpha value is -0.380. The Labute approximate surface area is 194 Å². The lowest BCUT2D eigenvalue weighted by Crippen LogP contribution is -2.40. The van der Waals surface area contributed by atoms with E-state index in [2.05, 4.69) is 57.3 Å². The molecule has 1 aliphatic carbocycles. The standard InChI is InChI=1S/C21H32BrN3O2.HI/c1-3-23-20(25-11-8-17(14-25)15-27-13-12-26-2)24-16-21(9-10-21)18-6-4-5-7-19(18)22;/h4-7,17H,3,8-16H2,1-2H3,(H,23,24);1H. The predicted molar refractivity (Wildman–Crippen MR) is 129 cm³/mol. The third-order valence-corrected chi connectivity index (χ3v) is 6.23. The number of ether oxygens (including phenoxy) is 2. The number of hydrogen-bond donors (Lipinski definition) is 1. The number of guanidine groups is 1. The molecule has 1 aromatic carbocycles. The molecule has 1 saturated heterocycles. The van der Waals surface area contributed by atoms with Gasteiger partial charge in [0.1, 0.15) is 0 Å². The Balaban J connectivity index is 0.00000280. The highest BCUT2D eigenvalue weighted by Gasteiger charge is 2.45. The molecule has 0 amide bonds. The maximum atomic E-state index is 5.72. The van der Waals surface area contributed by atoms with E-state index in [-0.39, 0.29) is 29.4 Å². The molecule has 0 bridgehead atoms.